The number of aliphatic imine (C=N–C) groups is 2. The van der Waals surface area contributed by atoms with Crippen molar-refractivity contribution in [1.29, 1.82) is 0 Å². The van der Waals surface area contributed by atoms with Gasteiger partial charge in [-0.1, -0.05) is 27.7 Å². The van der Waals surface area contributed by atoms with Gasteiger partial charge >= 0.3 is 0 Å². The predicted octanol–water partition coefficient (Wildman–Crippen LogP) is 4.29. The van der Waals surface area contributed by atoms with Crippen molar-refractivity contribution in [2.45, 2.75) is 78.3 Å². The summed E-state index contributed by atoms with van der Waals surface area (Å²) in [5, 5.41) is 0. The van der Waals surface area contributed by atoms with Crippen molar-refractivity contribution >= 4 is 12.2 Å². The zero-order chi connectivity index (χ0) is 17.0. The SMILES string of the molecule is CC1CC(N=C=O)CCC1C(C)(C)C1CCC(N=C=O)CC1C. The molecule has 4 nitrogen and oxygen atoms in total. The van der Waals surface area contributed by atoms with Crippen molar-refractivity contribution in [3.8, 4) is 0 Å². The molecule has 0 aromatic heterocycles. The molecule has 0 aromatic rings. The molecular weight excluding hydrogens is 288 g/mol. The molecule has 6 unspecified atom stereocenters. The lowest BCUT2D eigenvalue weighted by Crippen LogP contribution is -2.44. The number of hydrogen-bond donors (Lipinski definition) is 0. The Hall–Kier alpha value is -1.24. The van der Waals surface area contributed by atoms with Crippen LogP contribution in [0.3, 0.4) is 0 Å². The maximum absolute atomic E-state index is 10.5. The molecule has 2 saturated carbocycles. The Balaban J connectivity index is 2.06. The number of isocyanates is 2. The van der Waals surface area contributed by atoms with Crippen molar-refractivity contribution < 1.29 is 9.59 Å². The van der Waals surface area contributed by atoms with Crippen LogP contribution in [0.15, 0.2) is 9.98 Å². The molecule has 0 bridgehead atoms. The second-order valence-electron chi connectivity index (χ2n) is 8.36. The fourth-order valence-electron chi connectivity index (χ4n) is 5.60. The summed E-state index contributed by atoms with van der Waals surface area (Å²) in [7, 11) is 0. The summed E-state index contributed by atoms with van der Waals surface area (Å²) in [6.45, 7) is 9.46. The molecule has 0 N–H and O–H groups in total. The van der Waals surface area contributed by atoms with Crippen LogP contribution in [0.1, 0.15) is 66.2 Å². The van der Waals surface area contributed by atoms with Gasteiger partial charge in [-0.05, 0) is 67.6 Å². The van der Waals surface area contributed by atoms with E-state index in [0.29, 0.717) is 23.7 Å². The van der Waals surface area contributed by atoms with Crippen molar-refractivity contribution in [2.75, 3.05) is 0 Å². The van der Waals surface area contributed by atoms with Crippen LogP contribution in [-0.4, -0.2) is 24.2 Å². The Kier molecular flexibility index (Phi) is 5.95. The lowest BCUT2D eigenvalue weighted by atomic mass is 9.55. The quantitative estimate of drug-likeness (QED) is 0.573. The molecule has 2 fully saturated rings. The molecule has 0 spiro atoms. The van der Waals surface area contributed by atoms with E-state index in [2.05, 4.69) is 37.7 Å². The van der Waals surface area contributed by atoms with Gasteiger partial charge in [0.05, 0.1) is 12.1 Å². The molecule has 0 saturated heterocycles. The molecular formula is C19H30N2O2. The Morgan fingerprint density at radius 3 is 1.48 bits per heavy atom. The molecule has 23 heavy (non-hydrogen) atoms. The van der Waals surface area contributed by atoms with Crippen molar-refractivity contribution in [3.63, 3.8) is 0 Å². The average Bonchev–Trinajstić information content (AvgIpc) is 2.47. The normalized spacial score (nSPS) is 38.3. The number of rotatable bonds is 4. The van der Waals surface area contributed by atoms with Gasteiger partial charge in [0.2, 0.25) is 12.2 Å². The van der Waals surface area contributed by atoms with E-state index in [1.165, 1.54) is 0 Å². The fourth-order valence-corrected chi connectivity index (χ4v) is 5.60. The van der Waals surface area contributed by atoms with E-state index in [-0.39, 0.29) is 17.5 Å². The summed E-state index contributed by atoms with van der Waals surface area (Å²) in [5.74, 6) is 2.50. The van der Waals surface area contributed by atoms with Crippen LogP contribution in [-0.2, 0) is 9.59 Å². The van der Waals surface area contributed by atoms with Crippen molar-refractivity contribution in [1.82, 2.24) is 0 Å². The van der Waals surface area contributed by atoms with Gasteiger partial charge in [0, 0.05) is 0 Å². The fraction of sp³-hybridized carbons (Fsp3) is 0.895. The molecule has 0 radical (unpaired) electrons. The Morgan fingerprint density at radius 1 is 0.783 bits per heavy atom. The van der Waals surface area contributed by atoms with Crippen LogP contribution in [0, 0.1) is 29.1 Å². The van der Waals surface area contributed by atoms with Gasteiger partial charge in [0.15, 0.2) is 0 Å². The highest BCUT2D eigenvalue weighted by atomic mass is 16.1. The second-order valence-corrected chi connectivity index (χ2v) is 8.36. The van der Waals surface area contributed by atoms with Crippen LogP contribution in [0.4, 0.5) is 0 Å². The Labute approximate surface area is 139 Å². The highest BCUT2D eigenvalue weighted by molar-refractivity contribution is 5.34. The molecule has 0 aromatic carbocycles. The third-order valence-corrected chi connectivity index (χ3v) is 6.67. The molecule has 0 aliphatic heterocycles. The van der Waals surface area contributed by atoms with Crippen LogP contribution < -0.4 is 0 Å². The van der Waals surface area contributed by atoms with E-state index in [1.807, 2.05) is 0 Å². The van der Waals surface area contributed by atoms with Crippen LogP contribution in [0.5, 0.6) is 0 Å². The maximum Gasteiger partial charge on any atom is 0.235 e. The lowest BCUT2D eigenvalue weighted by Gasteiger charge is -2.50. The van der Waals surface area contributed by atoms with Crippen LogP contribution in [0.25, 0.3) is 0 Å². The molecule has 2 aliphatic rings. The zero-order valence-corrected chi connectivity index (χ0v) is 14.9. The minimum absolute atomic E-state index is 0.171. The molecule has 0 amide bonds. The van der Waals surface area contributed by atoms with Crippen molar-refractivity contribution in [2.24, 2.45) is 39.1 Å². The molecule has 4 heteroatoms. The van der Waals surface area contributed by atoms with Crippen LogP contribution >= 0.6 is 0 Å². The van der Waals surface area contributed by atoms with E-state index in [4.69, 9.17) is 0 Å². The van der Waals surface area contributed by atoms with Crippen LogP contribution in [0.2, 0.25) is 0 Å². The van der Waals surface area contributed by atoms with Gasteiger partial charge in [0.25, 0.3) is 0 Å². The average molecular weight is 318 g/mol. The number of nitrogens with zero attached hydrogens (tertiary/aromatic N) is 2. The summed E-state index contributed by atoms with van der Waals surface area (Å²) in [5.41, 5.74) is 0.268. The highest BCUT2D eigenvalue weighted by Crippen LogP contribution is 2.52. The molecule has 2 aliphatic carbocycles. The largest absolute Gasteiger partial charge is 0.235 e. The molecule has 0 heterocycles. The van der Waals surface area contributed by atoms with Gasteiger partial charge in [-0.3, -0.25) is 0 Å². The topological polar surface area (TPSA) is 58.9 Å². The predicted molar refractivity (Wildman–Crippen MR) is 90.6 cm³/mol. The first-order valence-electron chi connectivity index (χ1n) is 9.04. The monoisotopic (exact) mass is 318 g/mol. The van der Waals surface area contributed by atoms with Gasteiger partial charge in [-0.2, -0.15) is 0 Å². The Morgan fingerprint density at radius 2 is 1.17 bits per heavy atom. The first-order chi connectivity index (χ1) is 10.9. The minimum Gasteiger partial charge on any atom is -0.211 e. The van der Waals surface area contributed by atoms with Gasteiger partial charge in [0.1, 0.15) is 0 Å². The lowest BCUT2D eigenvalue weighted by molar-refractivity contribution is -0.00482. The summed E-state index contributed by atoms with van der Waals surface area (Å²) in [4.78, 5) is 28.9. The van der Waals surface area contributed by atoms with Gasteiger partial charge < -0.3 is 0 Å². The Bertz CT molecular complexity index is 459. The summed E-state index contributed by atoms with van der Waals surface area (Å²) in [6.07, 6.45) is 9.77. The zero-order valence-electron chi connectivity index (χ0n) is 14.9. The smallest absolute Gasteiger partial charge is 0.211 e. The molecule has 128 valence electrons. The molecule has 2 rings (SSSR count). The van der Waals surface area contributed by atoms with E-state index in [1.54, 1.807) is 12.2 Å². The highest BCUT2D eigenvalue weighted by Gasteiger charge is 2.45. The molecule has 6 atom stereocenters. The summed E-state index contributed by atoms with van der Waals surface area (Å²) >= 11 is 0. The van der Waals surface area contributed by atoms with Crippen molar-refractivity contribution in [3.05, 3.63) is 0 Å². The number of hydrogen-bond acceptors (Lipinski definition) is 4. The minimum atomic E-state index is 0.171. The van der Waals surface area contributed by atoms with Gasteiger partial charge in [-0.25, -0.2) is 19.6 Å². The van der Waals surface area contributed by atoms with E-state index in [9.17, 15) is 9.59 Å². The maximum atomic E-state index is 10.5. The van der Waals surface area contributed by atoms with E-state index in [0.717, 1.165) is 38.5 Å². The first-order valence-corrected chi connectivity index (χ1v) is 9.04. The third-order valence-electron chi connectivity index (χ3n) is 6.67. The third kappa shape index (κ3) is 4.00. The van der Waals surface area contributed by atoms with Gasteiger partial charge in [-0.15, -0.1) is 0 Å². The number of carbonyl (C=O) groups excluding carboxylic acids is 2. The van der Waals surface area contributed by atoms with E-state index >= 15 is 0 Å². The first kappa shape index (κ1) is 18.1. The summed E-state index contributed by atoms with van der Waals surface area (Å²) in [6, 6.07) is 0.342. The van der Waals surface area contributed by atoms with E-state index < -0.39 is 0 Å². The second kappa shape index (κ2) is 7.55. The standard InChI is InChI=1S/C19H30N2O2/c1-13-9-15(20-11-22)5-7-17(13)19(3,4)18-8-6-16(21-12-23)10-14(18)2/h13-18H,5-10H2,1-4H3. The summed E-state index contributed by atoms with van der Waals surface area (Å²) < 4.78 is 0.